The lowest BCUT2D eigenvalue weighted by atomic mass is 9.96. The number of hydrogen-bond donors (Lipinski definition) is 2. The van der Waals surface area contributed by atoms with Gasteiger partial charge in [-0.05, 0) is 79.8 Å². The third kappa shape index (κ3) is 6.93. The number of piperazine rings is 1. The van der Waals surface area contributed by atoms with E-state index in [9.17, 15) is 24.0 Å². The summed E-state index contributed by atoms with van der Waals surface area (Å²) >= 11 is 6.20. The number of unbranched alkanes of at least 4 members (excludes halogenated alkanes) is 1. The molecule has 7 rings (SSSR count). The third-order valence-corrected chi connectivity index (χ3v) is 11.2. The van der Waals surface area contributed by atoms with Crippen molar-refractivity contribution in [3.63, 3.8) is 0 Å². The molecule has 4 heterocycles. The van der Waals surface area contributed by atoms with Gasteiger partial charge < -0.3 is 15.1 Å². The normalized spacial score (nSPS) is 22.1. The molecule has 0 saturated carbocycles. The number of nitrogens with zero attached hydrogens (tertiary/aromatic N) is 5. The van der Waals surface area contributed by atoms with Gasteiger partial charge in [-0.3, -0.25) is 34.2 Å². The molecular weight excluding hydrogens is 682 g/mol. The van der Waals surface area contributed by atoms with Gasteiger partial charge in [0.1, 0.15) is 18.2 Å². The molecule has 0 radical (unpaired) electrons. The molecule has 1 aliphatic carbocycles. The van der Waals surface area contributed by atoms with E-state index in [0.717, 1.165) is 46.8 Å². The number of halogens is 1. The average molecular weight is 726 g/mol. The fourth-order valence-electron chi connectivity index (χ4n) is 8.28. The van der Waals surface area contributed by atoms with Gasteiger partial charge in [0.05, 0.1) is 22.7 Å². The van der Waals surface area contributed by atoms with Crippen LogP contribution in [0.1, 0.15) is 107 Å². The Kier molecular flexibility index (Phi) is 10.4. The van der Waals surface area contributed by atoms with Crippen molar-refractivity contribution >= 4 is 47.0 Å². The van der Waals surface area contributed by atoms with Crippen LogP contribution in [0.15, 0.2) is 48.8 Å². The Labute approximate surface area is 308 Å². The number of hydrogen-bond acceptors (Lipinski definition) is 9. The summed E-state index contributed by atoms with van der Waals surface area (Å²) in [6.45, 7) is 8.22. The summed E-state index contributed by atoms with van der Waals surface area (Å²) in [7, 11) is 0. The zero-order valence-corrected chi connectivity index (χ0v) is 30.3. The highest BCUT2D eigenvalue weighted by molar-refractivity contribution is 6.30. The van der Waals surface area contributed by atoms with E-state index in [1.165, 1.54) is 5.56 Å². The first kappa shape index (κ1) is 35.7. The lowest BCUT2D eigenvalue weighted by molar-refractivity contribution is -0.136. The van der Waals surface area contributed by atoms with Gasteiger partial charge in [-0.1, -0.05) is 49.7 Å². The second-order valence-corrected chi connectivity index (χ2v) is 14.8. The maximum Gasteiger partial charge on any atom is 0.262 e. The first-order valence-corrected chi connectivity index (χ1v) is 18.7. The minimum absolute atomic E-state index is 0.0768. The summed E-state index contributed by atoms with van der Waals surface area (Å²) in [5.41, 5.74) is 4.70. The summed E-state index contributed by atoms with van der Waals surface area (Å²) in [5.74, 6) is -0.470. The summed E-state index contributed by atoms with van der Waals surface area (Å²) < 4.78 is 0. The molecule has 272 valence electrons. The van der Waals surface area contributed by atoms with Crippen LogP contribution >= 0.6 is 11.6 Å². The monoisotopic (exact) mass is 725 g/mol. The fraction of sp³-hybridized carbons (Fsp3) is 0.462. The van der Waals surface area contributed by atoms with E-state index in [1.807, 2.05) is 35.2 Å². The van der Waals surface area contributed by atoms with Gasteiger partial charge in [-0.2, -0.15) is 0 Å². The number of piperidine rings is 1. The number of carbonyl (C=O) groups excluding carboxylic acids is 5. The van der Waals surface area contributed by atoms with Crippen molar-refractivity contribution < 1.29 is 24.0 Å². The van der Waals surface area contributed by atoms with Gasteiger partial charge in [0.25, 0.3) is 11.8 Å². The Balaban J connectivity index is 0.942. The van der Waals surface area contributed by atoms with Gasteiger partial charge in [0.2, 0.25) is 17.7 Å². The molecule has 13 heteroatoms. The number of benzene rings is 2. The number of rotatable bonds is 11. The fourth-order valence-corrected chi connectivity index (χ4v) is 8.41. The summed E-state index contributed by atoms with van der Waals surface area (Å²) in [6.07, 6.45) is 5.05. The molecule has 5 amide bonds. The molecule has 1 unspecified atom stereocenters. The average Bonchev–Trinajstić information content (AvgIpc) is 3.58. The minimum atomic E-state index is -0.992. The second kappa shape index (κ2) is 15.1. The number of nitrogens with one attached hydrogen (secondary N) is 2. The van der Waals surface area contributed by atoms with Gasteiger partial charge in [0, 0.05) is 49.7 Å². The maximum atomic E-state index is 14.1. The molecular formula is C39H44ClN7O5. The molecule has 4 aliphatic rings. The highest BCUT2D eigenvalue weighted by Gasteiger charge is 2.45. The van der Waals surface area contributed by atoms with E-state index in [0.29, 0.717) is 73.7 Å². The number of fused-ring (bicyclic) bond motifs is 2. The number of imide groups is 2. The molecule has 3 aliphatic heterocycles. The molecule has 2 N–H and O–H groups in total. The van der Waals surface area contributed by atoms with Crippen molar-refractivity contribution in [1.29, 1.82) is 0 Å². The third-order valence-electron chi connectivity index (χ3n) is 11.0. The van der Waals surface area contributed by atoms with E-state index >= 15 is 0 Å². The first-order chi connectivity index (χ1) is 25.1. The summed E-state index contributed by atoms with van der Waals surface area (Å²) in [5, 5.41) is 6.35. The Hall–Kier alpha value is -4.68. The van der Waals surface area contributed by atoms with Crippen LogP contribution in [0.3, 0.4) is 0 Å². The molecule has 12 nitrogen and oxygen atoms in total. The maximum absolute atomic E-state index is 14.1. The van der Waals surface area contributed by atoms with Crippen LogP contribution in [-0.4, -0.2) is 94.6 Å². The van der Waals surface area contributed by atoms with Crippen LogP contribution in [0.5, 0.6) is 0 Å². The molecule has 2 saturated heterocycles. The number of anilines is 1. The lowest BCUT2D eigenvalue weighted by Crippen LogP contribution is -2.54. The van der Waals surface area contributed by atoms with Crippen LogP contribution in [0.2, 0.25) is 5.02 Å². The quantitative estimate of drug-likeness (QED) is 0.220. The highest BCUT2D eigenvalue weighted by Crippen LogP contribution is 2.44. The van der Waals surface area contributed by atoms with E-state index in [2.05, 4.69) is 39.3 Å². The molecule has 0 spiro atoms. The molecule has 4 atom stereocenters. The zero-order chi connectivity index (χ0) is 36.5. The van der Waals surface area contributed by atoms with Crippen molar-refractivity contribution in [3.8, 4) is 0 Å². The molecule has 2 aromatic carbocycles. The number of aromatic nitrogens is 2. The van der Waals surface area contributed by atoms with E-state index in [1.54, 1.807) is 18.5 Å². The zero-order valence-electron chi connectivity index (χ0n) is 29.6. The summed E-state index contributed by atoms with van der Waals surface area (Å²) in [4.78, 5) is 79.4. The second-order valence-electron chi connectivity index (χ2n) is 14.4. The highest BCUT2D eigenvalue weighted by atomic mass is 35.5. The van der Waals surface area contributed by atoms with Crippen LogP contribution < -0.4 is 15.5 Å². The van der Waals surface area contributed by atoms with E-state index < -0.39 is 29.7 Å². The van der Waals surface area contributed by atoms with Gasteiger partial charge >= 0.3 is 0 Å². The van der Waals surface area contributed by atoms with E-state index in [-0.39, 0.29) is 24.7 Å². The topological polar surface area (TPSA) is 145 Å². The Bertz CT molecular complexity index is 1890. The molecule has 2 fully saturated rings. The van der Waals surface area contributed by atoms with Crippen molar-refractivity contribution in [2.75, 3.05) is 44.2 Å². The predicted octanol–water partition coefficient (Wildman–Crippen LogP) is 4.19. The number of carbonyl (C=O) groups is 5. The standard InChI is InChI=1S/C39H44ClN7O5/c1-23-20-24(2)34-32(23)35(43-22-42-34)45-16-18-46(19-17-45)37(50)29(25-9-11-27(40)12-10-25)21-41-15-4-3-6-26-7-5-8-28-33(26)39(52)47(38(28)51)30-13-14-31(48)44-36(30)49/h5,7-12,22-24,29-30,41H,3-4,6,13-21H2,1-2H3,(H,44,48,49)/t23-,24-,29-,30?/m1/s1. The van der Waals surface area contributed by atoms with Crippen LogP contribution in [0.25, 0.3) is 0 Å². The smallest absolute Gasteiger partial charge is 0.262 e. The van der Waals surface area contributed by atoms with Crippen molar-refractivity contribution in [3.05, 3.63) is 87.3 Å². The first-order valence-electron chi connectivity index (χ1n) is 18.3. The van der Waals surface area contributed by atoms with Gasteiger partial charge in [-0.15, -0.1) is 0 Å². The Morgan fingerprint density at radius 3 is 2.48 bits per heavy atom. The van der Waals surface area contributed by atoms with Crippen LogP contribution in [-0.2, 0) is 20.8 Å². The molecule has 1 aromatic heterocycles. The van der Waals surface area contributed by atoms with Crippen molar-refractivity contribution in [2.45, 2.75) is 76.2 Å². The van der Waals surface area contributed by atoms with Crippen LogP contribution in [0, 0.1) is 0 Å². The largest absolute Gasteiger partial charge is 0.353 e. The summed E-state index contributed by atoms with van der Waals surface area (Å²) in [6, 6.07) is 11.7. The Morgan fingerprint density at radius 1 is 0.962 bits per heavy atom. The van der Waals surface area contributed by atoms with E-state index in [4.69, 9.17) is 11.6 Å². The SMILES string of the molecule is C[C@@H]1C[C@@H](C)c2c1ncnc2N1CCN(C(=O)[C@H](CNCCCCc2cccc3c2C(=O)N(C2CCC(=O)NC2=O)C3=O)c2ccc(Cl)cc2)CC1. The predicted molar refractivity (Wildman–Crippen MR) is 195 cm³/mol. The molecule has 52 heavy (non-hydrogen) atoms. The Morgan fingerprint density at radius 2 is 1.73 bits per heavy atom. The number of aryl methyl sites for hydroxylation is 1. The van der Waals surface area contributed by atoms with Crippen molar-refractivity contribution in [1.82, 2.24) is 30.4 Å². The lowest BCUT2D eigenvalue weighted by Gasteiger charge is -2.38. The number of amides is 5. The van der Waals surface area contributed by atoms with Gasteiger partial charge in [0.15, 0.2) is 0 Å². The molecule has 3 aromatic rings. The minimum Gasteiger partial charge on any atom is -0.353 e. The van der Waals surface area contributed by atoms with Crippen LogP contribution in [0.4, 0.5) is 5.82 Å². The van der Waals surface area contributed by atoms with Gasteiger partial charge in [-0.25, -0.2) is 9.97 Å². The molecule has 0 bridgehead atoms. The van der Waals surface area contributed by atoms with Crippen molar-refractivity contribution in [2.24, 2.45) is 0 Å².